The maximum Gasteiger partial charge on any atom is 0.336 e. The summed E-state index contributed by atoms with van der Waals surface area (Å²) in [5.74, 6) is -1.42. The third-order valence-electron chi connectivity index (χ3n) is 4.08. The van der Waals surface area contributed by atoms with E-state index < -0.39 is 15.8 Å². The molecule has 138 valence electrons. The third kappa shape index (κ3) is 4.49. The van der Waals surface area contributed by atoms with Gasteiger partial charge >= 0.3 is 5.97 Å². The number of aryl methyl sites for hydroxylation is 2. The number of sulfone groups is 1. The van der Waals surface area contributed by atoms with Crippen molar-refractivity contribution < 1.29 is 23.1 Å². The molecule has 0 fully saturated rings. The Balaban J connectivity index is 2.21. The minimum absolute atomic E-state index is 0.0107. The molecule has 2 aromatic carbocycles. The van der Waals surface area contributed by atoms with Gasteiger partial charge in [0.05, 0.1) is 22.6 Å². The minimum atomic E-state index is -3.34. The van der Waals surface area contributed by atoms with Crippen LogP contribution >= 0.6 is 0 Å². The van der Waals surface area contributed by atoms with Crippen LogP contribution in [0.4, 0.5) is 5.69 Å². The lowest BCUT2D eigenvalue weighted by atomic mass is 10.0. The fraction of sp³-hybridized carbons (Fsp3) is 0.263. The van der Waals surface area contributed by atoms with Crippen molar-refractivity contribution in [1.82, 2.24) is 0 Å². The Labute approximate surface area is 152 Å². The molecule has 0 aromatic heterocycles. The highest BCUT2D eigenvalue weighted by atomic mass is 32.2. The van der Waals surface area contributed by atoms with Gasteiger partial charge in [0.2, 0.25) is 5.91 Å². The number of rotatable bonds is 6. The van der Waals surface area contributed by atoms with E-state index in [1.165, 1.54) is 18.2 Å². The number of hydrogen-bond acceptors (Lipinski definition) is 4. The summed E-state index contributed by atoms with van der Waals surface area (Å²) < 4.78 is 23.9. The lowest BCUT2D eigenvalue weighted by Gasteiger charge is -2.12. The van der Waals surface area contributed by atoms with Gasteiger partial charge in [0, 0.05) is 5.69 Å². The van der Waals surface area contributed by atoms with Crippen molar-refractivity contribution in [3.8, 4) is 0 Å². The van der Waals surface area contributed by atoms with Crippen LogP contribution in [-0.4, -0.2) is 31.2 Å². The summed E-state index contributed by atoms with van der Waals surface area (Å²) in [4.78, 5) is 23.8. The fourth-order valence-electron chi connectivity index (χ4n) is 2.61. The number of amides is 1. The van der Waals surface area contributed by atoms with Gasteiger partial charge in [0.25, 0.3) is 0 Å². The predicted octanol–water partition coefficient (Wildman–Crippen LogP) is 2.98. The number of hydrogen-bond donors (Lipinski definition) is 2. The van der Waals surface area contributed by atoms with Crippen molar-refractivity contribution in [3.05, 3.63) is 58.7 Å². The largest absolute Gasteiger partial charge is 0.478 e. The SMILES string of the molecule is CCS(=O)(=O)c1cccc(CC(=O)Nc2cc(C(=O)O)c(C)cc2C)c1. The molecule has 0 aliphatic heterocycles. The van der Waals surface area contributed by atoms with E-state index >= 15 is 0 Å². The summed E-state index contributed by atoms with van der Waals surface area (Å²) in [5.41, 5.74) is 2.49. The molecule has 0 radical (unpaired) electrons. The van der Waals surface area contributed by atoms with Crippen molar-refractivity contribution in [1.29, 1.82) is 0 Å². The Morgan fingerprint density at radius 2 is 1.77 bits per heavy atom. The van der Waals surface area contributed by atoms with Crippen LogP contribution in [0.2, 0.25) is 0 Å². The molecule has 0 aliphatic rings. The standard InChI is InChI=1S/C19H21NO5S/c1-4-26(24,25)15-7-5-6-14(9-15)10-18(21)20-17-11-16(19(22)23)12(2)8-13(17)3/h5-9,11H,4,10H2,1-3H3,(H,20,21)(H,22,23). The van der Waals surface area contributed by atoms with Crippen LogP contribution in [0.25, 0.3) is 0 Å². The Kier molecular flexibility index (Phi) is 5.82. The number of anilines is 1. The summed E-state index contributed by atoms with van der Waals surface area (Å²) in [5, 5.41) is 11.9. The van der Waals surface area contributed by atoms with Crippen molar-refractivity contribution in [2.75, 3.05) is 11.1 Å². The second-order valence-electron chi connectivity index (χ2n) is 6.06. The first-order valence-corrected chi connectivity index (χ1v) is 9.75. The van der Waals surface area contributed by atoms with Gasteiger partial charge in [-0.2, -0.15) is 0 Å². The van der Waals surface area contributed by atoms with Crippen LogP contribution in [0.3, 0.4) is 0 Å². The molecule has 0 bridgehead atoms. The van der Waals surface area contributed by atoms with Gasteiger partial charge in [-0.1, -0.05) is 25.1 Å². The summed E-state index contributed by atoms with van der Waals surface area (Å²) in [6.45, 7) is 5.04. The van der Waals surface area contributed by atoms with E-state index in [0.29, 0.717) is 16.8 Å². The van der Waals surface area contributed by atoms with Gasteiger partial charge in [-0.05, 0) is 48.7 Å². The monoisotopic (exact) mass is 375 g/mol. The van der Waals surface area contributed by atoms with Gasteiger partial charge in [-0.15, -0.1) is 0 Å². The molecule has 1 amide bonds. The Morgan fingerprint density at radius 3 is 2.38 bits per heavy atom. The average molecular weight is 375 g/mol. The smallest absolute Gasteiger partial charge is 0.336 e. The third-order valence-corrected chi connectivity index (χ3v) is 5.81. The molecular formula is C19H21NO5S. The maximum absolute atomic E-state index is 12.3. The Bertz CT molecular complexity index is 964. The zero-order chi connectivity index (χ0) is 19.5. The predicted molar refractivity (Wildman–Crippen MR) is 99.4 cm³/mol. The molecule has 26 heavy (non-hydrogen) atoms. The first-order chi connectivity index (χ1) is 12.1. The molecule has 0 heterocycles. The topological polar surface area (TPSA) is 101 Å². The van der Waals surface area contributed by atoms with Crippen molar-refractivity contribution in [2.45, 2.75) is 32.1 Å². The van der Waals surface area contributed by atoms with E-state index in [-0.39, 0.29) is 28.5 Å². The van der Waals surface area contributed by atoms with Crippen molar-refractivity contribution >= 4 is 27.4 Å². The highest BCUT2D eigenvalue weighted by Gasteiger charge is 2.15. The first kappa shape index (κ1) is 19.7. The lowest BCUT2D eigenvalue weighted by molar-refractivity contribution is -0.115. The molecule has 0 aliphatic carbocycles. The second-order valence-corrected chi connectivity index (χ2v) is 8.34. The van der Waals surface area contributed by atoms with Crippen LogP contribution in [0.15, 0.2) is 41.3 Å². The molecule has 0 unspecified atom stereocenters. The van der Waals surface area contributed by atoms with Gasteiger partial charge < -0.3 is 10.4 Å². The molecule has 2 aromatic rings. The second kappa shape index (κ2) is 7.70. The Hall–Kier alpha value is -2.67. The van der Waals surface area contributed by atoms with Gasteiger partial charge in [-0.25, -0.2) is 13.2 Å². The number of nitrogens with one attached hydrogen (secondary N) is 1. The highest BCUT2D eigenvalue weighted by molar-refractivity contribution is 7.91. The molecule has 6 nitrogen and oxygen atoms in total. The molecule has 2 rings (SSSR count). The van der Waals surface area contributed by atoms with Crippen molar-refractivity contribution in [2.24, 2.45) is 0 Å². The molecule has 0 atom stereocenters. The molecule has 0 saturated carbocycles. The van der Waals surface area contributed by atoms with Crippen LogP contribution in [-0.2, 0) is 21.1 Å². The van der Waals surface area contributed by atoms with E-state index in [1.54, 1.807) is 39.0 Å². The van der Waals surface area contributed by atoms with Gasteiger partial charge in [-0.3, -0.25) is 4.79 Å². The number of benzene rings is 2. The Morgan fingerprint density at radius 1 is 1.08 bits per heavy atom. The number of carbonyl (C=O) groups excluding carboxylic acids is 1. The number of aromatic carboxylic acids is 1. The van der Waals surface area contributed by atoms with E-state index in [0.717, 1.165) is 5.56 Å². The van der Waals surface area contributed by atoms with E-state index in [9.17, 15) is 23.1 Å². The summed E-state index contributed by atoms with van der Waals surface area (Å²) in [6.07, 6.45) is -0.0111. The van der Waals surface area contributed by atoms with Gasteiger partial charge in [0.15, 0.2) is 9.84 Å². The zero-order valence-corrected chi connectivity index (χ0v) is 15.7. The zero-order valence-electron chi connectivity index (χ0n) is 14.9. The number of carboxylic acid groups (broad SMARTS) is 1. The average Bonchev–Trinajstić information content (AvgIpc) is 2.57. The van der Waals surface area contributed by atoms with Crippen molar-refractivity contribution in [3.63, 3.8) is 0 Å². The first-order valence-electron chi connectivity index (χ1n) is 8.10. The van der Waals surface area contributed by atoms with Crippen LogP contribution in [0.1, 0.15) is 34.0 Å². The van der Waals surface area contributed by atoms with E-state index in [2.05, 4.69) is 5.32 Å². The van der Waals surface area contributed by atoms with Gasteiger partial charge in [0.1, 0.15) is 0 Å². The molecular weight excluding hydrogens is 354 g/mol. The number of carboxylic acids is 1. The quantitative estimate of drug-likeness (QED) is 0.808. The van der Waals surface area contributed by atoms with Crippen LogP contribution in [0.5, 0.6) is 0 Å². The van der Waals surface area contributed by atoms with Crippen LogP contribution in [0, 0.1) is 13.8 Å². The lowest BCUT2D eigenvalue weighted by Crippen LogP contribution is -2.16. The van der Waals surface area contributed by atoms with E-state index in [4.69, 9.17) is 0 Å². The van der Waals surface area contributed by atoms with E-state index in [1.807, 2.05) is 0 Å². The summed E-state index contributed by atoms with van der Waals surface area (Å²) in [7, 11) is -3.34. The molecule has 2 N–H and O–H groups in total. The molecule has 0 saturated heterocycles. The highest BCUT2D eigenvalue weighted by Crippen LogP contribution is 2.21. The fourth-order valence-corrected chi connectivity index (χ4v) is 3.56. The summed E-state index contributed by atoms with van der Waals surface area (Å²) >= 11 is 0. The number of carbonyl (C=O) groups is 2. The molecule has 0 spiro atoms. The minimum Gasteiger partial charge on any atom is -0.478 e. The maximum atomic E-state index is 12.3. The van der Waals surface area contributed by atoms with Crippen LogP contribution < -0.4 is 5.32 Å². The molecule has 7 heteroatoms. The summed E-state index contributed by atoms with van der Waals surface area (Å²) in [6, 6.07) is 9.41. The normalized spacial score (nSPS) is 11.2.